The largest absolute Gasteiger partial charge is 0.357 e. The van der Waals surface area contributed by atoms with E-state index in [-0.39, 0.29) is 0 Å². The third-order valence-electron chi connectivity index (χ3n) is 2.71. The van der Waals surface area contributed by atoms with Crippen LogP contribution in [0.2, 0.25) is 5.02 Å². The van der Waals surface area contributed by atoms with Crippen LogP contribution in [0.3, 0.4) is 0 Å². The molecule has 0 aliphatic carbocycles. The molecule has 1 heterocycles. The van der Waals surface area contributed by atoms with Gasteiger partial charge >= 0.3 is 0 Å². The summed E-state index contributed by atoms with van der Waals surface area (Å²) in [7, 11) is 0. The number of halogens is 1. The molecule has 2 heteroatoms. The van der Waals surface area contributed by atoms with Gasteiger partial charge in [-0.3, -0.25) is 0 Å². The van der Waals surface area contributed by atoms with E-state index in [1.54, 1.807) is 0 Å². The third kappa shape index (κ3) is 1.32. The molecule has 1 nitrogen and oxygen atoms in total. The first-order chi connectivity index (χ1) is 6.61. The van der Waals surface area contributed by atoms with Gasteiger partial charge < -0.3 is 5.32 Å². The van der Waals surface area contributed by atoms with Crippen molar-refractivity contribution in [2.75, 3.05) is 5.32 Å². The van der Waals surface area contributed by atoms with Gasteiger partial charge in [0.1, 0.15) is 0 Å². The van der Waals surface area contributed by atoms with E-state index in [0.717, 1.165) is 16.4 Å². The van der Waals surface area contributed by atoms with Crippen LogP contribution in [0.25, 0.3) is 0 Å². The first kappa shape index (κ1) is 9.60. The fourth-order valence-corrected chi connectivity index (χ4v) is 2.35. The normalized spacial score (nSPS) is 19.7. The lowest BCUT2D eigenvalue weighted by atomic mass is 9.88. The molecule has 1 aromatic carbocycles. The van der Waals surface area contributed by atoms with Crippen molar-refractivity contribution in [3.63, 3.8) is 0 Å². The standard InChI is InChI=1S/C12H14ClN/c1-7(2)11-8(3)14-12-9(11)5-4-6-10(12)13/h4-7,11,14H,3H2,1-2H3. The maximum Gasteiger partial charge on any atom is 0.0643 e. The number of nitrogens with one attached hydrogen (secondary N) is 1. The molecular formula is C12H14ClN. The van der Waals surface area contributed by atoms with Gasteiger partial charge in [-0.2, -0.15) is 0 Å². The quantitative estimate of drug-likeness (QED) is 0.734. The fourth-order valence-electron chi connectivity index (χ4n) is 2.12. The minimum absolute atomic E-state index is 0.392. The van der Waals surface area contributed by atoms with Crippen molar-refractivity contribution in [1.82, 2.24) is 0 Å². The second-order valence-electron chi connectivity index (χ2n) is 4.08. The monoisotopic (exact) mass is 207 g/mol. The van der Waals surface area contributed by atoms with E-state index in [9.17, 15) is 0 Å². The zero-order chi connectivity index (χ0) is 10.3. The van der Waals surface area contributed by atoms with Gasteiger partial charge in [0.15, 0.2) is 0 Å². The van der Waals surface area contributed by atoms with E-state index in [1.807, 2.05) is 12.1 Å². The highest BCUT2D eigenvalue weighted by molar-refractivity contribution is 6.33. The number of allylic oxidation sites excluding steroid dienone is 1. The van der Waals surface area contributed by atoms with E-state index in [1.165, 1.54) is 5.56 Å². The maximum absolute atomic E-state index is 6.10. The van der Waals surface area contributed by atoms with Gasteiger partial charge in [0.2, 0.25) is 0 Å². The molecule has 1 unspecified atom stereocenters. The molecule has 74 valence electrons. The molecule has 0 saturated carbocycles. The number of anilines is 1. The molecule has 0 amide bonds. The Hall–Kier alpha value is -0.950. The van der Waals surface area contributed by atoms with Gasteiger partial charge in [0.25, 0.3) is 0 Å². The Kier molecular flexibility index (Phi) is 2.28. The Balaban J connectivity index is 2.53. The molecule has 1 atom stereocenters. The first-order valence-electron chi connectivity index (χ1n) is 4.85. The van der Waals surface area contributed by atoms with Crippen molar-refractivity contribution in [2.24, 2.45) is 5.92 Å². The van der Waals surface area contributed by atoms with E-state index in [0.29, 0.717) is 11.8 Å². The predicted molar refractivity (Wildman–Crippen MR) is 61.8 cm³/mol. The lowest BCUT2D eigenvalue weighted by molar-refractivity contribution is 0.571. The third-order valence-corrected chi connectivity index (χ3v) is 3.02. The Morgan fingerprint density at radius 1 is 1.43 bits per heavy atom. The van der Waals surface area contributed by atoms with Crippen LogP contribution in [-0.2, 0) is 0 Å². The van der Waals surface area contributed by atoms with E-state index < -0.39 is 0 Å². The summed E-state index contributed by atoms with van der Waals surface area (Å²) in [5.74, 6) is 0.943. The summed E-state index contributed by atoms with van der Waals surface area (Å²) in [5.41, 5.74) is 3.37. The van der Waals surface area contributed by atoms with Crippen molar-refractivity contribution in [2.45, 2.75) is 19.8 Å². The minimum Gasteiger partial charge on any atom is -0.357 e. The summed E-state index contributed by atoms with van der Waals surface area (Å²) in [5, 5.41) is 4.05. The average molecular weight is 208 g/mol. The lowest BCUT2D eigenvalue weighted by Crippen LogP contribution is -2.05. The number of rotatable bonds is 1. The van der Waals surface area contributed by atoms with Gasteiger partial charge in [0, 0.05) is 11.6 Å². The van der Waals surface area contributed by atoms with Crippen LogP contribution in [0.4, 0.5) is 5.69 Å². The van der Waals surface area contributed by atoms with Crippen LogP contribution in [0.5, 0.6) is 0 Å². The van der Waals surface area contributed by atoms with E-state index >= 15 is 0 Å². The van der Waals surface area contributed by atoms with Gasteiger partial charge in [0.05, 0.1) is 10.7 Å². The van der Waals surface area contributed by atoms with Gasteiger partial charge in [-0.1, -0.05) is 44.2 Å². The average Bonchev–Trinajstić information content (AvgIpc) is 2.42. The highest BCUT2D eigenvalue weighted by Gasteiger charge is 2.29. The van der Waals surface area contributed by atoms with Crippen LogP contribution >= 0.6 is 11.6 Å². The van der Waals surface area contributed by atoms with Crippen LogP contribution in [0, 0.1) is 5.92 Å². The first-order valence-corrected chi connectivity index (χ1v) is 5.23. The molecule has 0 fully saturated rings. The summed E-state index contributed by atoms with van der Waals surface area (Å²) in [4.78, 5) is 0. The second-order valence-corrected chi connectivity index (χ2v) is 4.48. The lowest BCUT2D eigenvalue weighted by Gasteiger charge is -2.15. The molecule has 0 bridgehead atoms. The Bertz CT molecular complexity index is 382. The van der Waals surface area contributed by atoms with Crippen molar-refractivity contribution in [3.8, 4) is 0 Å². The molecule has 2 rings (SSSR count). The zero-order valence-corrected chi connectivity index (χ0v) is 9.23. The minimum atomic E-state index is 0.392. The Morgan fingerprint density at radius 3 is 2.79 bits per heavy atom. The van der Waals surface area contributed by atoms with Crippen molar-refractivity contribution >= 4 is 17.3 Å². The van der Waals surface area contributed by atoms with Crippen LogP contribution < -0.4 is 5.32 Å². The van der Waals surface area contributed by atoms with Gasteiger partial charge in [-0.05, 0) is 17.5 Å². The number of hydrogen-bond donors (Lipinski definition) is 1. The smallest absolute Gasteiger partial charge is 0.0643 e. The number of fused-ring (bicyclic) bond motifs is 1. The molecule has 14 heavy (non-hydrogen) atoms. The van der Waals surface area contributed by atoms with Crippen LogP contribution in [0.15, 0.2) is 30.5 Å². The summed E-state index contributed by atoms with van der Waals surface area (Å²) in [6, 6.07) is 6.03. The van der Waals surface area contributed by atoms with E-state index in [4.69, 9.17) is 11.6 Å². The SMILES string of the molecule is C=C1Nc2c(Cl)cccc2C1C(C)C. The van der Waals surface area contributed by atoms with Gasteiger partial charge in [-0.25, -0.2) is 0 Å². The molecule has 0 saturated heterocycles. The molecule has 1 N–H and O–H groups in total. The van der Waals surface area contributed by atoms with Crippen molar-refractivity contribution in [3.05, 3.63) is 41.1 Å². The fraction of sp³-hybridized carbons (Fsp3) is 0.333. The number of benzene rings is 1. The van der Waals surface area contributed by atoms with Crippen molar-refractivity contribution < 1.29 is 0 Å². The topological polar surface area (TPSA) is 12.0 Å². The summed E-state index contributed by atoms with van der Waals surface area (Å²) >= 11 is 6.10. The zero-order valence-electron chi connectivity index (χ0n) is 8.47. The number of hydrogen-bond acceptors (Lipinski definition) is 1. The second kappa shape index (κ2) is 3.32. The molecule has 0 radical (unpaired) electrons. The molecule has 1 aliphatic heterocycles. The van der Waals surface area contributed by atoms with Gasteiger partial charge in [-0.15, -0.1) is 0 Å². The molecule has 0 aromatic heterocycles. The predicted octanol–water partition coefficient (Wildman–Crippen LogP) is 4.02. The summed E-state index contributed by atoms with van der Waals surface area (Å²) < 4.78 is 0. The Labute approximate surface area is 89.8 Å². The molecule has 1 aromatic rings. The molecular weight excluding hydrogens is 194 g/mol. The van der Waals surface area contributed by atoms with Crippen molar-refractivity contribution in [1.29, 1.82) is 0 Å². The molecule has 0 spiro atoms. The van der Waals surface area contributed by atoms with Crippen LogP contribution in [0.1, 0.15) is 25.3 Å². The van der Waals surface area contributed by atoms with E-state index in [2.05, 4.69) is 31.8 Å². The number of para-hydroxylation sites is 1. The summed E-state index contributed by atoms with van der Waals surface area (Å²) in [6.45, 7) is 8.45. The Morgan fingerprint density at radius 2 is 2.14 bits per heavy atom. The summed E-state index contributed by atoms with van der Waals surface area (Å²) in [6.07, 6.45) is 0. The highest BCUT2D eigenvalue weighted by atomic mass is 35.5. The highest BCUT2D eigenvalue weighted by Crippen LogP contribution is 2.44. The maximum atomic E-state index is 6.10. The van der Waals surface area contributed by atoms with Crippen LogP contribution in [-0.4, -0.2) is 0 Å². The molecule has 1 aliphatic rings.